The van der Waals surface area contributed by atoms with Gasteiger partial charge in [0, 0.05) is 18.3 Å². The zero-order chi connectivity index (χ0) is 16.6. The van der Waals surface area contributed by atoms with Crippen LogP contribution >= 0.6 is 0 Å². The molecule has 2 heterocycles. The first-order valence-electron chi connectivity index (χ1n) is 7.01. The quantitative estimate of drug-likeness (QED) is 0.924. The van der Waals surface area contributed by atoms with Gasteiger partial charge in [-0.05, 0) is 30.7 Å². The SMILES string of the molecule is O=C(c1ccncc1F)N1CC(O)CC1c1cc(F)ccc1F. The monoisotopic (exact) mass is 322 g/mol. The van der Waals surface area contributed by atoms with Crippen LogP contribution in [0.1, 0.15) is 28.4 Å². The second kappa shape index (κ2) is 6.00. The molecule has 4 nitrogen and oxygen atoms in total. The first kappa shape index (κ1) is 15.5. The Bertz CT molecular complexity index is 754. The summed E-state index contributed by atoms with van der Waals surface area (Å²) >= 11 is 0. The van der Waals surface area contributed by atoms with Crippen molar-refractivity contribution in [3.05, 3.63) is 65.2 Å². The van der Waals surface area contributed by atoms with E-state index in [1.54, 1.807) is 0 Å². The van der Waals surface area contributed by atoms with Gasteiger partial charge >= 0.3 is 0 Å². The topological polar surface area (TPSA) is 53.4 Å². The lowest BCUT2D eigenvalue weighted by Gasteiger charge is -2.25. The molecule has 0 aliphatic carbocycles. The van der Waals surface area contributed by atoms with Crippen LogP contribution in [0.5, 0.6) is 0 Å². The molecule has 0 radical (unpaired) electrons. The molecule has 1 N–H and O–H groups in total. The lowest BCUT2D eigenvalue weighted by molar-refractivity contribution is 0.0709. The highest BCUT2D eigenvalue weighted by molar-refractivity contribution is 5.94. The predicted octanol–water partition coefficient (Wildman–Crippen LogP) is 2.45. The van der Waals surface area contributed by atoms with Crippen molar-refractivity contribution in [1.82, 2.24) is 9.88 Å². The van der Waals surface area contributed by atoms with Gasteiger partial charge in [0.1, 0.15) is 11.6 Å². The summed E-state index contributed by atoms with van der Waals surface area (Å²) in [4.78, 5) is 17.2. The van der Waals surface area contributed by atoms with Crippen LogP contribution in [0.25, 0.3) is 0 Å². The Morgan fingerprint density at radius 2 is 2.00 bits per heavy atom. The third kappa shape index (κ3) is 2.92. The molecular weight excluding hydrogens is 309 g/mol. The summed E-state index contributed by atoms with van der Waals surface area (Å²) in [5.41, 5.74) is -0.264. The van der Waals surface area contributed by atoms with Gasteiger partial charge in [-0.2, -0.15) is 0 Å². The summed E-state index contributed by atoms with van der Waals surface area (Å²) in [6.07, 6.45) is 1.33. The molecule has 1 aromatic heterocycles. The second-order valence-electron chi connectivity index (χ2n) is 5.38. The van der Waals surface area contributed by atoms with Crippen molar-refractivity contribution < 1.29 is 23.1 Å². The highest BCUT2D eigenvalue weighted by Crippen LogP contribution is 2.35. The zero-order valence-corrected chi connectivity index (χ0v) is 11.9. The number of aliphatic hydroxyl groups is 1. The Kier molecular flexibility index (Phi) is 4.04. The average molecular weight is 322 g/mol. The Hall–Kier alpha value is -2.41. The van der Waals surface area contributed by atoms with Gasteiger partial charge in [-0.15, -0.1) is 0 Å². The number of carbonyl (C=O) groups excluding carboxylic acids is 1. The fourth-order valence-electron chi connectivity index (χ4n) is 2.81. The summed E-state index contributed by atoms with van der Waals surface area (Å²) in [6.45, 7) is -0.0821. The molecule has 7 heteroatoms. The standard InChI is InChI=1S/C16H13F3N2O2/c17-9-1-2-13(18)12(5-9)15-6-10(22)8-21(15)16(23)11-3-4-20-7-14(11)19/h1-5,7,10,15,22H,6,8H2. The number of rotatable bonds is 2. The van der Waals surface area contributed by atoms with Crippen LogP contribution in [0.2, 0.25) is 0 Å². The van der Waals surface area contributed by atoms with Gasteiger partial charge in [0.2, 0.25) is 0 Å². The molecule has 120 valence electrons. The van der Waals surface area contributed by atoms with E-state index in [9.17, 15) is 23.1 Å². The van der Waals surface area contributed by atoms with Crippen LogP contribution in [0, 0.1) is 17.5 Å². The Labute approximate surface area is 130 Å². The van der Waals surface area contributed by atoms with Crippen molar-refractivity contribution >= 4 is 5.91 Å². The lowest BCUT2D eigenvalue weighted by atomic mass is 10.0. The van der Waals surface area contributed by atoms with Gasteiger partial charge in [-0.3, -0.25) is 9.78 Å². The molecule has 2 aromatic rings. The number of aromatic nitrogens is 1. The third-order valence-corrected chi connectivity index (χ3v) is 3.86. The number of hydrogen-bond acceptors (Lipinski definition) is 3. The van der Waals surface area contributed by atoms with E-state index < -0.39 is 35.5 Å². The fourth-order valence-corrected chi connectivity index (χ4v) is 2.81. The van der Waals surface area contributed by atoms with E-state index in [1.807, 2.05) is 0 Å². The largest absolute Gasteiger partial charge is 0.391 e. The maximum Gasteiger partial charge on any atom is 0.257 e. The normalized spacial score (nSPS) is 20.8. The lowest BCUT2D eigenvalue weighted by Crippen LogP contribution is -2.32. The number of likely N-dealkylation sites (tertiary alicyclic amines) is 1. The molecule has 1 amide bonds. The third-order valence-electron chi connectivity index (χ3n) is 3.86. The van der Waals surface area contributed by atoms with Crippen LogP contribution in [-0.2, 0) is 0 Å². The van der Waals surface area contributed by atoms with Gasteiger partial charge in [0.05, 0.1) is 23.9 Å². The molecule has 3 rings (SSSR count). The minimum Gasteiger partial charge on any atom is -0.391 e. The molecule has 2 atom stereocenters. The maximum absolute atomic E-state index is 14.0. The van der Waals surface area contributed by atoms with E-state index >= 15 is 0 Å². The molecule has 1 fully saturated rings. The number of carbonyl (C=O) groups is 1. The van der Waals surface area contributed by atoms with Gasteiger partial charge < -0.3 is 10.0 Å². The first-order valence-corrected chi connectivity index (χ1v) is 7.01. The van der Waals surface area contributed by atoms with E-state index in [0.29, 0.717) is 0 Å². The zero-order valence-electron chi connectivity index (χ0n) is 11.9. The molecular formula is C16H13F3N2O2. The number of benzene rings is 1. The Balaban J connectivity index is 1.99. The van der Waals surface area contributed by atoms with Gasteiger partial charge in [-0.25, -0.2) is 13.2 Å². The van der Waals surface area contributed by atoms with Crippen LogP contribution in [0.15, 0.2) is 36.7 Å². The smallest absolute Gasteiger partial charge is 0.257 e. The summed E-state index contributed by atoms with van der Waals surface area (Å²) in [5.74, 6) is -2.84. The fraction of sp³-hybridized carbons (Fsp3) is 0.250. The number of aliphatic hydroxyl groups excluding tert-OH is 1. The van der Waals surface area contributed by atoms with Crippen LogP contribution < -0.4 is 0 Å². The minimum absolute atomic E-state index is 0.0376. The van der Waals surface area contributed by atoms with Crippen LogP contribution in [0.3, 0.4) is 0 Å². The highest BCUT2D eigenvalue weighted by Gasteiger charge is 2.38. The van der Waals surface area contributed by atoms with Crippen molar-refractivity contribution in [2.24, 2.45) is 0 Å². The van der Waals surface area contributed by atoms with E-state index in [1.165, 1.54) is 12.3 Å². The number of nitrogens with zero attached hydrogens (tertiary/aromatic N) is 2. The van der Waals surface area contributed by atoms with Crippen LogP contribution in [-0.4, -0.2) is 33.5 Å². The molecule has 1 aromatic carbocycles. The molecule has 2 unspecified atom stereocenters. The van der Waals surface area contributed by atoms with Crippen molar-refractivity contribution in [3.8, 4) is 0 Å². The van der Waals surface area contributed by atoms with Crippen molar-refractivity contribution in [2.45, 2.75) is 18.6 Å². The summed E-state index contributed by atoms with van der Waals surface area (Å²) in [6, 6.07) is 3.27. The van der Waals surface area contributed by atoms with E-state index in [0.717, 1.165) is 29.3 Å². The van der Waals surface area contributed by atoms with Crippen LogP contribution in [0.4, 0.5) is 13.2 Å². The Morgan fingerprint density at radius 1 is 1.22 bits per heavy atom. The molecule has 0 bridgehead atoms. The molecule has 1 aliphatic rings. The Morgan fingerprint density at radius 3 is 2.74 bits per heavy atom. The minimum atomic E-state index is -0.892. The molecule has 1 saturated heterocycles. The van der Waals surface area contributed by atoms with Gasteiger partial charge in [0.15, 0.2) is 5.82 Å². The van der Waals surface area contributed by atoms with Gasteiger partial charge in [-0.1, -0.05) is 0 Å². The summed E-state index contributed by atoms with van der Waals surface area (Å²) < 4.78 is 41.2. The van der Waals surface area contributed by atoms with Crippen molar-refractivity contribution in [2.75, 3.05) is 6.54 Å². The van der Waals surface area contributed by atoms with E-state index in [-0.39, 0.29) is 24.1 Å². The van der Waals surface area contributed by atoms with Crippen molar-refractivity contribution in [3.63, 3.8) is 0 Å². The summed E-state index contributed by atoms with van der Waals surface area (Å²) in [7, 11) is 0. The number of halogens is 3. The molecule has 0 saturated carbocycles. The highest BCUT2D eigenvalue weighted by atomic mass is 19.1. The molecule has 23 heavy (non-hydrogen) atoms. The number of hydrogen-bond donors (Lipinski definition) is 1. The van der Waals surface area contributed by atoms with E-state index in [2.05, 4.69) is 4.98 Å². The molecule has 0 spiro atoms. The average Bonchev–Trinajstić information content (AvgIpc) is 2.91. The summed E-state index contributed by atoms with van der Waals surface area (Å²) in [5, 5.41) is 9.84. The first-order chi connectivity index (χ1) is 11.0. The van der Waals surface area contributed by atoms with E-state index in [4.69, 9.17) is 0 Å². The van der Waals surface area contributed by atoms with Crippen molar-refractivity contribution in [1.29, 1.82) is 0 Å². The van der Waals surface area contributed by atoms with Gasteiger partial charge in [0.25, 0.3) is 5.91 Å². The maximum atomic E-state index is 14.0. The number of amides is 1. The molecule has 1 aliphatic heterocycles. The number of pyridine rings is 1. The second-order valence-corrected chi connectivity index (χ2v) is 5.38. The number of β-amino-alcohol motifs (C(OH)–C–C–N with tert-alkyl or cyclic N) is 1. The predicted molar refractivity (Wildman–Crippen MR) is 75.0 cm³/mol.